The fraction of sp³-hybridized carbons (Fsp3) is 0.821. The molecule has 10 heteroatoms. The van der Waals surface area contributed by atoms with Crippen molar-refractivity contribution in [2.75, 3.05) is 19.5 Å². The highest BCUT2D eigenvalue weighted by Gasteiger charge is 2.47. The molecule has 2 aliphatic rings. The van der Waals surface area contributed by atoms with Crippen LogP contribution in [0.15, 0.2) is 24.8 Å². The van der Waals surface area contributed by atoms with Gasteiger partial charge in [-0.1, -0.05) is 38.7 Å². The minimum atomic E-state index is -3.65. The average Bonchev–Trinajstić information content (AvgIpc) is 3.12. The molecule has 1 N–H and O–H groups in total. The monoisotopic (exact) mass is 574 g/mol. The summed E-state index contributed by atoms with van der Waals surface area (Å²) in [5.74, 6) is -0.216. The van der Waals surface area contributed by atoms with Crippen molar-refractivity contribution in [1.82, 2.24) is 0 Å². The summed E-state index contributed by atoms with van der Waals surface area (Å²) in [5.41, 5.74) is 0. The first-order valence-corrected chi connectivity index (χ1v) is 18.8. The molecule has 0 bridgehead atoms. The van der Waals surface area contributed by atoms with E-state index in [1.165, 1.54) is 0 Å². The van der Waals surface area contributed by atoms with Gasteiger partial charge in [0.2, 0.25) is 0 Å². The lowest BCUT2D eigenvalue weighted by molar-refractivity contribution is -0.196. The molecule has 1 heterocycles. The van der Waals surface area contributed by atoms with Crippen molar-refractivity contribution in [3.05, 3.63) is 24.8 Å². The van der Waals surface area contributed by atoms with E-state index in [2.05, 4.69) is 26.5 Å². The summed E-state index contributed by atoms with van der Waals surface area (Å²) in [6, 6.07) is 0. The van der Waals surface area contributed by atoms with Gasteiger partial charge in [-0.3, -0.25) is 8.98 Å². The largest absolute Gasteiger partial charge is 0.461 e. The summed E-state index contributed by atoms with van der Waals surface area (Å²) in [6.07, 6.45) is 13.3. The van der Waals surface area contributed by atoms with Crippen molar-refractivity contribution >= 4 is 24.4 Å². The highest BCUT2D eigenvalue weighted by atomic mass is 32.2. The minimum Gasteiger partial charge on any atom is -0.461 e. The lowest BCUT2D eigenvalue weighted by atomic mass is 9.85. The van der Waals surface area contributed by atoms with E-state index in [1.807, 2.05) is 19.2 Å². The molecule has 0 aromatic rings. The lowest BCUT2D eigenvalue weighted by Gasteiger charge is -2.37. The maximum Gasteiger partial charge on any atom is 0.306 e. The van der Waals surface area contributed by atoms with Gasteiger partial charge in [-0.05, 0) is 81.3 Å². The molecular weight excluding hydrogens is 524 g/mol. The van der Waals surface area contributed by atoms with Crippen molar-refractivity contribution in [2.24, 2.45) is 11.8 Å². The number of hydrogen-bond donors (Lipinski definition) is 1. The third kappa shape index (κ3) is 11.2. The maximum atomic E-state index is 12.2. The van der Waals surface area contributed by atoms with Gasteiger partial charge in [-0.15, -0.1) is 0 Å². The highest BCUT2D eigenvalue weighted by Crippen LogP contribution is 2.47. The van der Waals surface area contributed by atoms with Crippen molar-refractivity contribution in [3.63, 3.8) is 0 Å². The molecule has 0 aromatic carbocycles. The van der Waals surface area contributed by atoms with Gasteiger partial charge >= 0.3 is 5.97 Å². The molecule has 2 fully saturated rings. The van der Waals surface area contributed by atoms with E-state index in [0.29, 0.717) is 32.3 Å². The fourth-order valence-electron chi connectivity index (χ4n) is 5.15. The Kier molecular flexibility index (Phi) is 13.2. The second-order valence-electron chi connectivity index (χ2n) is 11.9. The third-order valence-corrected chi connectivity index (χ3v) is 12.3. The SMILES string of the molecule is C=CCOC(=O)CCC/C=C\C[C@@H]1[C@@H](CCC(C)(C)[Si](C)(C)O)[C@H](OC2CCCCO2)C[C@H]1OS(C)(=O)=O. The summed E-state index contributed by atoms with van der Waals surface area (Å²) in [7, 11) is -6.05. The molecule has 2 rings (SSSR count). The topological polar surface area (TPSA) is 108 Å². The van der Waals surface area contributed by atoms with Crippen molar-refractivity contribution in [3.8, 4) is 0 Å². The van der Waals surface area contributed by atoms with Gasteiger partial charge in [0.15, 0.2) is 14.6 Å². The first kappa shape index (κ1) is 33.2. The second kappa shape index (κ2) is 15.1. The Labute approximate surface area is 231 Å². The van der Waals surface area contributed by atoms with E-state index in [1.54, 1.807) is 6.08 Å². The van der Waals surface area contributed by atoms with Crippen LogP contribution in [0.25, 0.3) is 0 Å². The predicted molar refractivity (Wildman–Crippen MR) is 152 cm³/mol. The van der Waals surface area contributed by atoms with Crippen LogP contribution < -0.4 is 0 Å². The molecule has 1 aliphatic carbocycles. The molecule has 0 amide bonds. The molecule has 1 saturated carbocycles. The quantitative estimate of drug-likeness (QED) is 0.0848. The summed E-state index contributed by atoms with van der Waals surface area (Å²) >= 11 is 0. The molecule has 0 radical (unpaired) electrons. The first-order valence-electron chi connectivity index (χ1n) is 14.0. The Balaban J connectivity index is 2.14. The van der Waals surface area contributed by atoms with Gasteiger partial charge in [0.05, 0.1) is 18.5 Å². The molecule has 0 spiro atoms. The zero-order valence-electron chi connectivity index (χ0n) is 24.0. The van der Waals surface area contributed by atoms with Crippen LogP contribution in [0.1, 0.15) is 78.1 Å². The molecule has 1 unspecified atom stereocenters. The lowest BCUT2D eigenvalue weighted by Crippen LogP contribution is -2.40. The van der Waals surface area contributed by atoms with Crippen LogP contribution in [0.4, 0.5) is 0 Å². The van der Waals surface area contributed by atoms with Crippen LogP contribution >= 0.6 is 0 Å². The number of carbonyl (C=O) groups is 1. The standard InChI is InChI=1S/C28H50O8SSi/c1-7-19-33-26(29)15-11-9-8-10-14-22-23(17-18-28(2,3)38(5,6)32)24(21-25(22)36-37(4,30)31)35-27-16-12-13-20-34-27/h7-8,10,22-25,27,32H,1,9,11-21H2,2-6H3/b10-8-/t22-,23-,24-,25-,27?/m1/s1. The molecule has 38 heavy (non-hydrogen) atoms. The molecule has 8 nitrogen and oxygen atoms in total. The summed E-state index contributed by atoms with van der Waals surface area (Å²) in [6.45, 7) is 12.6. The summed E-state index contributed by atoms with van der Waals surface area (Å²) in [4.78, 5) is 22.5. The van der Waals surface area contributed by atoms with Crippen LogP contribution in [-0.2, 0) is 33.3 Å². The molecular formula is C28H50O8SSi. The number of ether oxygens (including phenoxy) is 3. The Morgan fingerprint density at radius 2 is 1.92 bits per heavy atom. The van der Waals surface area contributed by atoms with E-state index >= 15 is 0 Å². The van der Waals surface area contributed by atoms with Gasteiger partial charge in [-0.25, -0.2) is 0 Å². The van der Waals surface area contributed by atoms with Crippen LogP contribution in [0, 0.1) is 11.8 Å². The maximum absolute atomic E-state index is 12.2. The molecule has 220 valence electrons. The second-order valence-corrected chi connectivity index (χ2v) is 18.0. The number of unbranched alkanes of at least 4 members (excludes halogenated alkanes) is 1. The van der Waals surface area contributed by atoms with Gasteiger partial charge < -0.3 is 19.0 Å². The van der Waals surface area contributed by atoms with Gasteiger partial charge in [0.1, 0.15) is 6.61 Å². The van der Waals surface area contributed by atoms with E-state index in [4.69, 9.17) is 18.4 Å². The van der Waals surface area contributed by atoms with Crippen LogP contribution in [0.2, 0.25) is 18.1 Å². The fourth-order valence-corrected chi connectivity index (χ4v) is 6.58. The van der Waals surface area contributed by atoms with Crippen LogP contribution in [-0.4, -0.2) is 65.5 Å². The predicted octanol–water partition coefficient (Wildman–Crippen LogP) is 5.48. The number of carbonyl (C=O) groups excluding carboxylic acids is 1. The van der Waals surface area contributed by atoms with E-state index in [9.17, 15) is 18.0 Å². The number of rotatable bonds is 16. The molecule has 1 aliphatic heterocycles. The van der Waals surface area contributed by atoms with Gasteiger partial charge in [0, 0.05) is 19.4 Å². The van der Waals surface area contributed by atoms with E-state index in [-0.39, 0.29) is 41.8 Å². The average molecular weight is 575 g/mol. The number of hydrogen-bond acceptors (Lipinski definition) is 8. The van der Waals surface area contributed by atoms with Crippen molar-refractivity contribution < 1.29 is 36.4 Å². The minimum absolute atomic E-state index is 0.0496. The number of esters is 1. The van der Waals surface area contributed by atoms with Crippen LogP contribution in [0.5, 0.6) is 0 Å². The van der Waals surface area contributed by atoms with Gasteiger partial charge in [0.25, 0.3) is 10.1 Å². The summed E-state index contributed by atoms with van der Waals surface area (Å²) < 4.78 is 47.3. The van der Waals surface area contributed by atoms with E-state index in [0.717, 1.165) is 44.8 Å². The normalized spacial score (nSPS) is 27.1. The summed E-state index contributed by atoms with van der Waals surface area (Å²) in [5, 5.41) is -0.199. The van der Waals surface area contributed by atoms with Crippen molar-refractivity contribution in [1.29, 1.82) is 0 Å². The highest BCUT2D eigenvalue weighted by molar-refractivity contribution is 7.86. The zero-order valence-corrected chi connectivity index (χ0v) is 25.8. The smallest absolute Gasteiger partial charge is 0.306 e. The number of allylic oxidation sites excluding steroid dienone is 2. The first-order chi connectivity index (χ1) is 17.7. The third-order valence-electron chi connectivity index (χ3n) is 8.18. The molecule has 1 saturated heterocycles. The Morgan fingerprint density at radius 1 is 1.18 bits per heavy atom. The van der Waals surface area contributed by atoms with Crippen molar-refractivity contribution in [2.45, 2.75) is 115 Å². The van der Waals surface area contributed by atoms with Gasteiger partial charge in [-0.2, -0.15) is 8.42 Å². The van der Waals surface area contributed by atoms with Crippen LogP contribution in [0.3, 0.4) is 0 Å². The van der Waals surface area contributed by atoms with E-state index < -0.39 is 24.5 Å². The molecule has 0 aromatic heterocycles. The Bertz CT molecular complexity index is 874. The zero-order chi connectivity index (χ0) is 28.4. The Morgan fingerprint density at radius 3 is 2.53 bits per heavy atom. The Hall–Kier alpha value is -1.04. The molecule has 5 atom stereocenters.